The highest BCUT2D eigenvalue weighted by molar-refractivity contribution is 7.89. The van der Waals surface area contributed by atoms with Crippen LogP contribution in [0.15, 0.2) is 84.0 Å². The Morgan fingerprint density at radius 1 is 1.00 bits per heavy atom. The maximum absolute atomic E-state index is 14.2. The van der Waals surface area contributed by atoms with Gasteiger partial charge in [-0.2, -0.15) is 5.26 Å². The molecule has 0 spiro atoms. The molecule has 0 aliphatic heterocycles. The number of halogens is 1. The van der Waals surface area contributed by atoms with Crippen LogP contribution in [0.1, 0.15) is 48.2 Å². The quantitative estimate of drug-likeness (QED) is 0.176. The molecule has 0 saturated heterocycles. The Morgan fingerprint density at radius 2 is 1.73 bits per heavy atom. The maximum atomic E-state index is 14.2. The van der Waals surface area contributed by atoms with Crippen molar-refractivity contribution in [2.75, 3.05) is 13.2 Å². The van der Waals surface area contributed by atoms with Gasteiger partial charge in [-0.25, -0.2) is 22.3 Å². The fourth-order valence-corrected chi connectivity index (χ4v) is 5.69. The lowest BCUT2D eigenvalue weighted by atomic mass is 9.99. The fraction of sp³-hybridized carbons (Fsp3) is 0.226. The van der Waals surface area contributed by atoms with Crippen LogP contribution in [-0.2, 0) is 21.3 Å². The van der Waals surface area contributed by atoms with E-state index in [4.69, 9.17) is 4.74 Å². The Bertz CT molecular complexity index is 1650. The molecule has 40 heavy (non-hydrogen) atoms. The predicted molar refractivity (Wildman–Crippen MR) is 152 cm³/mol. The summed E-state index contributed by atoms with van der Waals surface area (Å²) in [5, 5.41) is 9.21. The Balaban J connectivity index is 1.70. The number of nitriles is 1. The van der Waals surface area contributed by atoms with Gasteiger partial charge in [0.15, 0.2) is 0 Å². The normalized spacial score (nSPS) is 11.2. The van der Waals surface area contributed by atoms with Gasteiger partial charge in [-0.15, -0.1) is 0 Å². The number of esters is 1. The first-order valence-corrected chi connectivity index (χ1v) is 14.5. The minimum atomic E-state index is -3.85. The van der Waals surface area contributed by atoms with E-state index in [1.807, 2.05) is 29.8 Å². The molecule has 0 unspecified atom stereocenters. The van der Waals surface area contributed by atoms with E-state index in [2.05, 4.69) is 10.8 Å². The molecule has 7 nitrogen and oxygen atoms in total. The molecule has 0 amide bonds. The van der Waals surface area contributed by atoms with Gasteiger partial charge in [0, 0.05) is 36.6 Å². The average Bonchev–Trinajstić information content (AvgIpc) is 3.37. The molecule has 0 fully saturated rings. The summed E-state index contributed by atoms with van der Waals surface area (Å²) in [5.41, 5.74) is 3.93. The Morgan fingerprint density at radius 3 is 2.40 bits per heavy atom. The number of carbonyl (C=O) groups is 1. The van der Waals surface area contributed by atoms with Crippen LogP contribution < -0.4 is 4.72 Å². The molecule has 0 radical (unpaired) electrons. The van der Waals surface area contributed by atoms with Crippen LogP contribution >= 0.6 is 0 Å². The molecule has 3 aromatic carbocycles. The number of rotatable bonds is 11. The van der Waals surface area contributed by atoms with Gasteiger partial charge < -0.3 is 9.30 Å². The number of hydrogen-bond donors (Lipinski definition) is 1. The van der Waals surface area contributed by atoms with E-state index in [9.17, 15) is 22.9 Å². The van der Waals surface area contributed by atoms with Crippen molar-refractivity contribution < 1.29 is 22.3 Å². The number of carbonyl (C=O) groups excluding carboxylic acids is 1. The van der Waals surface area contributed by atoms with E-state index < -0.39 is 21.8 Å². The lowest BCUT2D eigenvalue weighted by Crippen LogP contribution is -2.25. The van der Waals surface area contributed by atoms with Crippen molar-refractivity contribution >= 4 is 16.0 Å². The summed E-state index contributed by atoms with van der Waals surface area (Å²) >= 11 is 0. The monoisotopic (exact) mass is 559 g/mol. The lowest BCUT2D eigenvalue weighted by molar-refractivity contribution is 0.0527. The van der Waals surface area contributed by atoms with Crippen LogP contribution in [0.25, 0.3) is 22.3 Å². The third kappa shape index (κ3) is 6.65. The van der Waals surface area contributed by atoms with Crippen LogP contribution in [0.2, 0.25) is 0 Å². The Labute approximate surface area is 233 Å². The summed E-state index contributed by atoms with van der Waals surface area (Å²) in [4.78, 5) is 12.8. The van der Waals surface area contributed by atoms with Gasteiger partial charge in [-0.05, 0) is 60.4 Å². The summed E-state index contributed by atoms with van der Waals surface area (Å²) in [6.45, 7) is 4.65. The van der Waals surface area contributed by atoms with Crippen molar-refractivity contribution in [2.24, 2.45) is 0 Å². The Kier molecular flexibility index (Phi) is 9.15. The SMILES string of the molecule is CCCCNS(=O)(=O)c1ccc(F)cc1-c1ccc(-c2cn(Cc3cccc(C#N)c3)cc2C(=O)OCC)cc1. The van der Waals surface area contributed by atoms with Crippen molar-refractivity contribution in [3.05, 3.63) is 102 Å². The van der Waals surface area contributed by atoms with Crippen LogP contribution in [-0.4, -0.2) is 32.1 Å². The number of sulfonamides is 1. The predicted octanol–water partition coefficient (Wildman–Crippen LogP) is 6.14. The molecule has 0 bridgehead atoms. The number of unbranched alkanes of at least 4 members (excludes halogenated alkanes) is 1. The van der Waals surface area contributed by atoms with E-state index in [-0.39, 0.29) is 17.1 Å². The van der Waals surface area contributed by atoms with Crippen molar-refractivity contribution in [2.45, 2.75) is 38.1 Å². The first kappa shape index (κ1) is 28.7. The number of nitrogens with one attached hydrogen (secondary N) is 1. The summed E-state index contributed by atoms with van der Waals surface area (Å²) in [5.74, 6) is -1.02. The number of nitrogens with zero attached hydrogens (tertiary/aromatic N) is 2. The van der Waals surface area contributed by atoms with Gasteiger partial charge >= 0.3 is 5.97 Å². The third-order valence-corrected chi connectivity index (χ3v) is 7.88. The second kappa shape index (κ2) is 12.7. The molecule has 206 valence electrons. The van der Waals surface area contributed by atoms with Crippen LogP contribution in [0.3, 0.4) is 0 Å². The van der Waals surface area contributed by atoms with Gasteiger partial charge in [-0.3, -0.25) is 0 Å². The number of aromatic nitrogens is 1. The van der Waals surface area contributed by atoms with Gasteiger partial charge in [0.2, 0.25) is 10.0 Å². The fourth-order valence-electron chi connectivity index (χ4n) is 4.40. The highest BCUT2D eigenvalue weighted by atomic mass is 32.2. The zero-order valence-corrected chi connectivity index (χ0v) is 23.2. The molecular formula is C31H30FN3O4S. The second-order valence-electron chi connectivity index (χ2n) is 9.26. The molecule has 0 aliphatic carbocycles. The molecule has 0 saturated carbocycles. The third-order valence-electron chi connectivity index (χ3n) is 6.36. The average molecular weight is 560 g/mol. The minimum absolute atomic E-state index is 0.00396. The largest absolute Gasteiger partial charge is 0.462 e. The zero-order valence-electron chi connectivity index (χ0n) is 22.4. The van der Waals surface area contributed by atoms with Crippen LogP contribution in [0.5, 0.6) is 0 Å². The van der Waals surface area contributed by atoms with Gasteiger partial charge in [0.05, 0.1) is 28.7 Å². The van der Waals surface area contributed by atoms with Crippen molar-refractivity contribution in [1.29, 1.82) is 5.26 Å². The first-order chi connectivity index (χ1) is 19.2. The van der Waals surface area contributed by atoms with Crippen LogP contribution in [0, 0.1) is 17.1 Å². The highest BCUT2D eigenvalue weighted by Gasteiger charge is 2.21. The van der Waals surface area contributed by atoms with Crippen LogP contribution in [0.4, 0.5) is 4.39 Å². The van der Waals surface area contributed by atoms with Crippen molar-refractivity contribution in [3.63, 3.8) is 0 Å². The summed E-state index contributed by atoms with van der Waals surface area (Å²) in [7, 11) is -3.85. The van der Waals surface area contributed by atoms with Gasteiger partial charge in [0.1, 0.15) is 5.82 Å². The molecule has 4 aromatic rings. The summed E-state index contributed by atoms with van der Waals surface area (Å²) < 4.78 is 49.9. The van der Waals surface area contributed by atoms with E-state index in [0.717, 1.165) is 18.1 Å². The zero-order chi connectivity index (χ0) is 28.7. The van der Waals surface area contributed by atoms with E-state index in [0.29, 0.717) is 47.3 Å². The number of hydrogen-bond acceptors (Lipinski definition) is 5. The topological polar surface area (TPSA) is 101 Å². The van der Waals surface area contributed by atoms with Gasteiger partial charge in [-0.1, -0.05) is 49.7 Å². The molecule has 4 rings (SSSR count). The minimum Gasteiger partial charge on any atom is -0.462 e. The van der Waals surface area contributed by atoms with Gasteiger partial charge in [0.25, 0.3) is 0 Å². The molecule has 1 heterocycles. The summed E-state index contributed by atoms with van der Waals surface area (Å²) in [6, 6.07) is 19.9. The van der Waals surface area contributed by atoms with Crippen molar-refractivity contribution in [3.8, 4) is 28.3 Å². The molecule has 1 N–H and O–H groups in total. The molecule has 9 heteroatoms. The van der Waals surface area contributed by atoms with E-state index >= 15 is 0 Å². The highest BCUT2D eigenvalue weighted by Crippen LogP contribution is 2.32. The molecular weight excluding hydrogens is 529 g/mol. The standard InChI is InChI=1S/C31H30FN3O4S/c1-3-5-15-34-40(37,38)30-14-13-26(32)17-27(30)24-9-11-25(12-10-24)28-20-35(21-29(28)31(36)39-4-2)19-23-8-6-7-22(16-23)18-33/h6-14,16-17,20-21,34H,3-5,15,19H2,1-2H3. The molecule has 0 atom stereocenters. The van der Waals surface area contributed by atoms with Crippen molar-refractivity contribution in [1.82, 2.24) is 9.29 Å². The van der Waals surface area contributed by atoms with E-state index in [1.54, 1.807) is 49.5 Å². The number of ether oxygens (including phenoxy) is 1. The Hall–Kier alpha value is -4.26. The molecule has 1 aromatic heterocycles. The first-order valence-electron chi connectivity index (χ1n) is 13.0. The molecule has 0 aliphatic rings. The van der Waals surface area contributed by atoms with E-state index in [1.165, 1.54) is 12.1 Å². The lowest BCUT2D eigenvalue weighted by Gasteiger charge is -2.13. The summed E-state index contributed by atoms with van der Waals surface area (Å²) in [6.07, 6.45) is 5.06. The maximum Gasteiger partial charge on any atom is 0.340 e. The second-order valence-corrected chi connectivity index (χ2v) is 11.0. The number of benzene rings is 3. The smallest absolute Gasteiger partial charge is 0.340 e.